The molecule has 1 atom stereocenters. The Morgan fingerprint density at radius 3 is 2.43 bits per heavy atom. The molecule has 0 fully saturated rings. The number of halogens is 2. The third-order valence-corrected chi connectivity index (χ3v) is 5.21. The fourth-order valence-corrected chi connectivity index (χ4v) is 3.09. The molecule has 2 amide bonds. The number of ether oxygens (including phenoxy) is 2. The first-order chi connectivity index (χ1) is 14.4. The largest absolute Gasteiger partial charge is 0.493 e. The van der Waals surface area contributed by atoms with Crippen LogP contribution in [0.25, 0.3) is 0 Å². The zero-order valence-corrected chi connectivity index (χ0v) is 18.8. The van der Waals surface area contributed by atoms with E-state index in [2.05, 4.69) is 5.32 Å². The lowest BCUT2D eigenvalue weighted by Gasteiger charge is -2.29. The third-order valence-electron chi connectivity index (χ3n) is 4.47. The van der Waals surface area contributed by atoms with E-state index < -0.39 is 6.04 Å². The Morgan fingerprint density at radius 2 is 1.80 bits per heavy atom. The summed E-state index contributed by atoms with van der Waals surface area (Å²) in [5.41, 5.74) is 0.755. The van der Waals surface area contributed by atoms with Crippen molar-refractivity contribution in [2.75, 3.05) is 20.3 Å². The minimum Gasteiger partial charge on any atom is -0.493 e. The van der Waals surface area contributed by atoms with Gasteiger partial charge < -0.3 is 19.7 Å². The molecule has 0 unspecified atom stereocenters. The number of carbonyl (C=O) groups is 2. The summed E-state index contributed by atoms with van der Waals surface area (Å²) in [4.78, 5) is 27.0. The summed E-state index contributed by atoms with van der Waals surface area (Å²) in [7, 11) is 1.53. The zero-order chi connectivity index (χ0) is 22.1. The number of carbonyl (C=O) groups excluding carboxylic acids is 2. The van der Waals surface area contributed by atoms with Gasteiger partial charge in [-0.25, -0.2) is 0 Å². The van der Waals surface area contributed by atoms with Crippen molar-refractivity contribution >= 4 is 35.0 Å². The van der Waals surface area contributed by atoms with Gasteiger partial charge in [0.05, 0.1) is 17.2 Å². The van der Waals surface area contributed by atoms with Gasteiger partial charge >= 0.3 is 0 Å². The van der Waals surface area contributed by atoms with E-state index in [9.17, 15) is 9.59 Å². The molecule has 6 nitrogen and oxygen atoms in total. The van der Waals surface area contributed by atoms with Gasteiger partial charge in [-0.05, 0) is 43.2 Å². The molecule has 30 heavy (non-hydrogen) atoms. The molecule has 0 radical (unpaired) electrons. The maximum absolute atomic E-state index is 13.0. The van der Waals surface area contributed by atoms with Crippen LogP contribution in [0.1, 0.15) is 25.8 Å². The van der Waals surface area contributed by atoms with E-state index in [1.807, 2.05) is 13.0 Å². The normalized spacial score (nSPS) is 11.5. The van der Waals surface area contributed by atoms with Gasteiger partial charge in [0.2, 0.25) is 5.91 Å². The van der Waals surface area contributed by atoms with Crippen molar-refractivity contribution in [2.45, 2.75) is 32.9 Å². The van der Waals surface area contributed by atoms with E-state index in [0.717, 1.165) is 12.0 Å². The van der Waals surface area contributed by atoms with Crippen molar-refractivity contribution in [2.24, 2.45) is 0 Å². The van der Waals surface area contributed by atoms with E-state index in [-0.39, 0.29) is 25.0 Å². The molecule has 0 saturated carbocycles. The fourth-order valence-electron chi connectivity index (χ4n) is 2.77. The molecular weight excluding hydrogens is 427 g/mol. The van der Waals surface area contributed by atoms with Crippen LogP contribution in [0, 0.1) is 0 Å². The molecule has 2 aromatic carbocycles. The molecule has 0 bridgehead atoms. The molecule has 162 valence electrons. The lowest BCUT2D eigenvalue weighted by atomic mass is 10.1. The predicted octanol–water partition coefficient (Wildman–Crippen LogP) is 4.32. The van der Waals surface area contributed by atoms with Gasteiger partial charge in [0.25, 0.3) is 5.91 Å². The Hall–Kier alpha value is -2.44. The van der Waals surface area contributed by atoms with Gasteiger partial charge in [0.15, 0.2) is 18.1 Å². The summed E-state index contributed by atoms with van der Waals surface area (Å²) >= 11 is 12.1. The van der Waals surface area contributed by atoms with Crippen LogP contribution in [0.4, 0.5) is 0 Å². The average Bonchev–Trinajstić information content (AvgIpc) is 2.76. The lowest BCUT2D eigenvalue weighted by molar-refractivity contribution is -0.142. The molecule has 0 aliphatic heterocycles. The van der Waals surface area contributed by atoms with Crippen LogP contribution in [-0.2, 0) is 16.1 Å². The Labute approximate surface area is 187 Å². The maximum Gasteiger partial charge on any atom is 0.261 e. The molecule has 0 aliphatic rings. The quantitative estimate of drug-likeness (QED) is 0.582. The summed E-state index contributed by atoms with van der Waals surface area (Å²) in [6, 6.07) is 11.5. The Morgan fingerprint density at radius 1 is 1.10 bits per heavy atom. The third kappa shape index (κ3) is 6.54. The van der Waals surface area contributed by atoms with Gasteiger partial charge in [-0.2, -0.15) is 0 Å². The van der Waals surface area contributed by atoms with Gasteiger partial charge in [0.1, 0.15) is 6.04 Å². The summed E-state index contributed by atoms with van der Waals surface area (Å²) in [6.45, 7) is 4.13. The van der Waals surface area contributed by atoms with Crippen LogP contribution in [0.15, 0.2) is 42.5 Å². The average molecular weight is 453 g/mol. The first kappa shape index (κ1) is 23.8. The molecule has 0 aliphatic carbocycles. The van der Waals surface area contributed by atoms with Gasteiger partial charge in [0, 0.05) is 13.1 Å². The molecular formula is C22H26Cl2N2O4. The Balaban J connectivity index is 2.19. The number of nitrogens with zero attached hydrogens (tertiary/aromatic N) is 1. The van der Waals surface area contributed by atoms with Crippen molar-refractivity contribution in [1.29, 1.82) is 0 Å². The molecule has 2 rings (SSSR count). The smallest absolute Gasteiger partial charge is 0.261 e. The van der Waals surface area contributed by atoms with Gasteiger partial charge in [-0.15, -0.1) is 0 Å². The van der Waals surface area contributed by atoms with E-state index in [4.69, 9.17) is 32.7 Å². The second-order valence-electron chi connectivity index (χ2n) is 6.68. The monoisotopic (exact) mass is 452 g/mol. The first-order valence-corrected chi connectivity index (χ1v) is 10.4. The minimum absolute atomic E-state index is 0.186. The van der Waals surface area contributed by atoms with Gasteiger partial charge in [-0.1, -0.05) is 48.3 Å². The highest BCUT2D eigenvalue weighted by Crippen LogP contribution is 2.26. The highest BCUT2D eigenvalue weighted by Gasteiger charge is 2.26. The van der Waals surface area contributed by atoms with E-state index in [1.54, 1.807) is 43.3 Å². The molecule has 1 N–H and O–H groups in total. The first-order valence-electron chi connectivity index (χ1n) is 9.64. The van der Waals surface area contributed by atoms with Gasteiger partial charge in [-0.3, -0.25) is 9.59 Å². The summed E-state index contributed by atoms with van der Waals surface area (Å²) < 4.78 is 10.9. The second kappa shape index (κ2) is 11.7. The number of hydrogen-bond donors (Lipinski definition) is 1. The predicted molar refractivity (Wildman–Crippen MR) is 118 cm³/mol. The van der Waals surface area contributed by atoms with Crippen LogP contribution < -0.4 is 14.8 Å². The fraction of sp³-hybridized carbons (Fsp3) is 0.364. The van der Waals surface area contributed by atoms with Crippen molar-refractivity contribution in [3.8, 4) is 11.5 Å². The summed E-state index contributed by atoms with van der Waals surface area (Å²) in [6.07, 6.45) is 0.802. The summed E-state index contributed by atoms with van der Waals surface area (Å²) in [5.74, 6) is 0.398. The standard InChI is InChI=1S/C22H26Cl2N2O4/c1-4-11-25-22(28)15(2)26(13-16-9-10-17(23)18(24)12-16)21(27)14-30-20-8-6-5-7-19(20)29-3/h5-10,12,15H,4,11,13-14H2,1-3H3,(H,25,28)/t15-/m0/s1. The second-order valence-corrected chi connectivity index (χ2v) is 7.49. The van der Waals surface area contributed by atoms with Crippen molar-refractivity contribution < 1.29 is 19.1 Å². The van der Waals surface area contributed by atoms with Crippen LogP contribution >= 0.6 is 23.2 Å². The zero-order valence-electron chi connectivity index (χ0n) is 17.3. The highest BCUT2D eigenvalue weighted by molar-refractivity contribution is 6.42. The minimum atomic E-state index is -0.695. The number of para-hydroxylation sites is 2. The molecule has 0 heterocycles. The van der Waals surface area contributed by atoms with Crippen molar-refractivity contribution in [3.05, 3.63) is 58.1 Å². The van der Waals surface area contributed by atoms with Crippen molar-refractivity contribution in [3.63, 3.8) is 0 Å². The highest BCUT2D eigenvalue weighted by atomic mass is 35.5. The molecule has 0 saturated heterocycles. The lowest BCUT2D eigenvalue weighted by Crippen LogP contribution is -2.49. The number of amides is 2. The summed E-state index contributed by atoms with van der Waals surface area (Å²) in [5, 5.41) is 3.63. The number of benzene rings is 2. The Bertz CT molecular complexity index is 876. The number of nitrogens with one attached hydrogen (secondary N) is 1. The number of hydrogen-bond acceptors (Lipinski definition) is 4. The van der Waals surface area contributed by atoms with Crippen LogP contribution in [0.5, 0.6) is 11.5 Å². The van der Waals surface area contributed by atoms with Crippen LogP contribution in [-0.4, -0.2) is 43.0 Å². The maximum atomic E-state index is 13.0. The molecule has 2 aromatic rings. The SMILES string of the molecule is CCCNC(=O)[C@H](C)N(Cc1ccc(Cl)c(Cl)c1)C(=O)COc1ccccc1OC. The van der Waals surface area contributed by atoms with E-state index in [1.165, 1.54) is 12.0 Å². The number of methoxy groups -OCH3 is 1. The molecule has 0 aromatic heterocycles. The van der Waals surface area contributed by atoms with E-state index >= 15 is 0 Å². The van der Waals surface area contributed by atoms with Crippen molar-refractivity contribution in [1.82, 2.24) is 10.2 Å². The number of rotatable bonds is 10. The Kier molecular flexibility index (Phi) is 9.27. The van der Waals surface area contributed by atoms with Crippen LogP contribution in [0.2, 0.25) is 10.0 Å². The molecule has 8 heteroatoms. The van der Waals surface area contributed by atoms with Crippen LogP contribution in [0.3, 0.4) is 0 Å². The molecule has 0 spiro atoms. The van der Waals surface area contributed by atoms with E-state index in [0.29, 0.717) is 28.1 Å². The topological polar surface area (TPSA) is 67.9 Å².